The average molecular weight is 276 g/mol. The van der Waals surface area contributed by atoms with Crippen molar-refractivity contribution < 1.29 is 4.74 Å². The van der Waals surface area contributed by atoms with E-state index < -0.39 is 0 Å². The molecule has 0 aliphatic heterocycles. The summed E-state index contributed by atoms with van der Waals surface area (Å²) < 4.78 is 6.11. The van der Waals surface area contributed by atoms with Gasteiger partial charge in [0.05, 0.1) is 17.4 Å². The van der Waals surface area contributed by atoms with Gasteiger partial charge in [-0.15, -0.1) is 22.7 Å². The van der Waals surface area contributed by atoms with Crippen LogP contribution in [0.5, 0.6) is 5.88 Å². The lowest BCUT2D eigenvalue weighted by molar-refractivity contribution is 0.401. The maximum Gasteiger partial charge on any atom is 0.224 e. The number of hydrogen-bond acceptors (Lipinski definition) is 4. The van der Waals surface area contributed by atoms with Gasteiger partial charge in [0, 0.05) is 9.85 Å². The summed E-state index contributed by atoms with van der Waals surface area (Å²) in [5.74, 6) is 0.685. The Kier molecular flexibility index (Phi) is 2.66. The number of halogens is 1. The summed E-state index contributed by atoms with van der Waals surface area (Å²) in [6, 6.07) is 2.06. The maximum absolute atomic E-state index is 5.02. The molecule has 2 nitrogen and oxygen atoms in total. The van der Waals surface area contributed by atoms with Gasteiger partial charge in [0.1, 0.15) is 5.01 Å². The summed E-state index contributed by atoms with van der Waals surface area (Å²) in [4.78, 5) is 5.47. The van der Waals surface area contributed by atoms with Crippen LogP contribution in [0.25, 0.3) is 9.88 Å². The van der Waals surface area contributed by atoms with Crippen LogP contribution in [0.1, 0.15) is 0 Å². The second-order valence-corrected chi connectivity index (χ2v) is 5.01. The van der Waals surface area contributed by atoms with Gasteiger partial charge in [0.25, 0.3) is 0 Å². The molecule has 0 unspecified atom stereocenters. The monoisotopic (exact) mass is 275 g/mol. The Balaban J connectivity index is 2.35. The molecule has 0 amide bonds. The topological polar surface area (TPSA) is 22.1 Å². The maximum atomic E-state index is 5.02. The number of ether oxygens (including phenoxy) is 1. The van der Waals surface area contributed by atoms with E-state index in [1.807, 2.05) is 10.8 Å². The van der Waals surface area contributed by atoms with Crippen LogP contribution >= 0.6 is 38.6 Å². The molecular weight excluding hydrogens is 270 g/mol. The van der Waals surface area contributed by atoms with Gasteiger partial charge in [-0.25, -0.2) is 4.98 Å². The standard InChI is InChI=1S/C8H6BrNOS2/c1-11-7-4-13-8(10-7)6-2-5(9)3-12-6/h2-4H,1H3. The minimum Gasteiger partial charge on any atom is -0.480 e. The predicted octanol–water partition coefficient (Wildman–Crippen LogP) is 3.64. The van der Waals surface area contributed by atoms with E-state index in [1.165, 1.54) is 4.88 Å². The van der Waals surface area contributed by atoms with Gasteiger partial charge in [0.2, 0.25) is 5.88 Å². The first-order valence-corrected chi connectivity index (χ1v) is 6.09. The molecule has 0 saturated carbocycles. The highest BCUT2D eigenvalue weighted by Crippen LogP contribution is 2.33. The summed E-state index contributed by atoms with van der Waals surface area (Å²) in [6.07, 6.45) is 0. The van der Waals surface area contributed by atoms with E-state index in [1.54, 1.807) is 29.8 Å². The van der Waals surface area contributed by atoms with E-state index in [2.05, 4.69) is 27.0 Å². The second kappa shape index (κ2) is 3.77. The number of rotatable bonds is 2. The molecule has 2 rings (SSSR count). The fourth-order valence-corrected chi connectivity index (χ4v) is 3.17. The molecule has 0 aliphatic rings. The van der Waals surface area contributed by atoms with Crippen molar-refractivity contribution in [1.82, 2.24) is 4.98 Å². The van der Waals surface area contributed by atoms with Crippen LogP contribution in [0.3, 0.4) is 0 Å². The molecule has 0 spiro atoms. The highest BCUT2D eigenvalue weighted by Gasteiger charge is 2.06. The summed E-state index contributed by atoms with van der Waals surface area (Å²) in [6.45, 7) is 0. The van der Waals surface area contributed by atoms with Crippen molar-refractivity contribution in [3.8, 4) is 15.8 Å². The normalized spacial score (nSPS) is 10.3. The van der Waals surface area contributed by atoms with Gasteiger partial charge in [-0.1, -0.05) is 0 Å². The summed E-state index contributed by atoms with van der Waals surface area (Å²) >= 11 is 6.68. The Morgan fingerprint density at radius 1 is 1.38 bits per heavy atom. The van der Waals surface area contributed by atoms with Gasteiger partial charge < -0.3 is 4.74 Å². The Morgan fingerprint density at radius 3 is 2.77 bits per heavy atom. The number of thiophene rings is 1. The van der Waals surface area contributed by atoms with Gasteiger partial charge in [0.15, 0.2) is 0 Å². The Labute approximate surface area is 92.3 Å². The molecule has 0 aliphatic carbocycles. The third-order valence-corrected chi connectivity index (χ3v) is 4.15. The molecule has 0 saturated heterocycles. The van der Waals surface area contributed by atoms with E-state index in [9.17, 15) is 0 Å². The minimum absolute atomic E-state index is 0.685. The molecule has 0 fully saturated rings. The smallest absolute Gasteiger partial charge is 0.224 e. The van der Waals surface area contributed by atoms with Crippen LogP contribution in [-0.4, -0.2) is 12.1 Å². The van der Waals surface area contributed by atoms with E-state index in [4.69, 9.17) is 4.74 Å². The Morgan fingerprint density at radius 2 is 2.23 bits per heavy atom. The molecule has 5 heteroatoms. The van der Waals surface area contributed by atoms with Crippen LogP contribution in [0.15, 0.2) is 21.3 Å². The van der Waals surface area contributed by atoms with Crippen molar-refractivity contribution in [2.24, 2.45) is 0 Å². The molecule has 68 valence electrons. The first-order chi connectivity index (χ1) is 6.29. The van der Waals surface area contributed by atoms with Crippen molar-refractivity contribution in [2.45, 2.75) is 0 Å². The minimum atomic E-state index is 0.685. The lowest BCUT2D eigenvalue weighted by atomic mass is 10.5. The molecule has 2 aromatic rings. The Bertz CT molecular complexity index is 410. The van der Waals surface area contributed by atoms with Crippen molar-refractivity contribution in [3.05, 3.63) is 21.3 Å². The van der Waals surface area contributed by atoms with Crippen molar-refractivity contribution >= 4 is 38.6 Å². The van der Waals surface area contributed by atoms with Crippen LogP contribution < -0.4 is 4.74 Å². The van der Waals surface area contributed by atoms with E-state index in [0.717, 1.165) is 9.48 Å². The first kappa shape index (κ1) is 9.18. The van der Waals surface area contributed by atoms with Crippen LogP contribution in [0, 0.1) is 0 Å². The number of hydrogen-bond donors (Lipinski definition) is 0. The number of thiazole rings is 1. The molecule has 2 heterocycles. The average Bonchev–Trinajstić information content (AvgIpc) is 2.71. The SMILES string of the molecule is COc1csc(-c2cc(Br)cs2)n1. The number of methoxy groups -OCH3 is 1. The number of aromatic nitrogens is 1. The third-order valence-electron chi connectivity index (χ3n) is 1.47. The molecule has 0 aromatic carbocycles. The van der Waals surface area contributed by atoms with E-state index >= 15 is 0 Å². The first-order valence-electron chi connectivity index (χ1n) is 3.53. The fraction of sp³-hybridized carbons (Fsp3) is 0.125. The highest BCUT2D eigenvalue weighted by molar-refractivity contribution is 9.10. The molecule has 0 atom stereocenters. The fourth-order valence-electron chi connectivity index (χ4n) is 0.891. The quantitative estimate of drug-likeness (QED) is 0.835. The molecule has 0 radical (unpaired) electrons. The van der Waals surface area contributed by atoms with Crippen LogP contribution in [0.2, 0.25) is 0 Å². The summed E-state index contributed by atoms with van der Waals surface area (Å²) in [5.41, 5.74) is 0. The third kappa shape index (κ3) is 1.92. The highest BCUT2D eigenvalue weighted by atomic mass is 79.9. The molecule has 2 aromatic heterocycles. The molecule has 0 bridgehead atoms. The zero-order valence-electron chi connectivity index (χ0n) is 6.78. The zero-order chi connectivity index (χ0) is 9.26. The van der Waals surface area contributed by atoms with Gasteiger partial charge >= 0.3 is 0 Å². The Hall–Kier alpha value is -0.390. The van der Waals surface area contributed by atoms with Crippen LogP contribution in [-0.2, 0) is 0 Å². The number of nitrogens with zero attached hydrogens (tertiary/aromatic N) is 1. The molecule has 13 heavy (non-hydrogen) atoms. The van der Waals surface area contributed by atoms with Gasteiger partial charge in [-0.2, -0.15) is 0 Å². The lowest BCUT2D eigenvalue weighted by Gasteiger charge is -1.89. The molecular formula is C8H6BrNOS2. The molecule has 0 N–H and O–H groups in total. The second-order valence-electron chi connectivity index (χ2n) is 2.32. The van der Waals surface area contributed by atoms with Gasteiger partial charge in [-0.05, 0) is 22.0 Å². The summed E-state index contributed by atoms with van der Waals surface area (Å²) in [7, 11) is 1.63. The van der Waals surface area contributed by atoms with E-state index in [-0.39, 0.29) is 0 Å². The zero-order valence-corrected chi connectivity index (χ0v) is 10.0. The van der Waals surface area contributed by atoms with Crippen molar-refractivity contribution in [2.75, 3.05) is 7.11 Å². The van der Waals surface area contributed by atoms with Crippen molar-refractivity contribution in [1.29, 1.82) is 0 Å². The van der Waals surface area contributed by atoms with Crippen LogP contribution in [0.4, 0.5) is 0 Å². The lowest BCUT2D eigenvalue weighted by Crippen LogP contribution is -1.80. The largest absolute Gasteiger partial charge is 0.480 e. The van der Waals surface area contributed by atoms with Gasteiger partial charge in [-0.3, -0.25) is 0 Å². The van der Waals surface area contributed by atoms with E-state index in [0.29, 0.717) is 5.88 Å². The summed E-state index contributed by atoms with van der Waals surface area (Å²) in [5, 5.41) is 4.96. The van der Waals surface area contributed by atoms with Crippen molar-refractivity contribution in [3.63, 3.8) is 0 Å². The predicted molar refractivity (Wildman–Crippen MR) is 59.7 cm³/mol.